The maximum atomic E-state index is 11.8. The Hall–Kier alpha value is -2.88. The largest absolute Gasteiger partial charge is 0.365 e. The minimum absolute atomic E-state index is 0.393. The van der Waals surface area contributed by atoms with Crippen molar-refractivity contribution in [1.82, 2.24) is 4.98 Å². The molecule has 0 bridgehead atoms. The van der Waals surface area contributed by atoms with Gasteiger partial charge < -0.3 is 11.1 Å². The number of pyridine rings is 1. The lowest BCUT2D eigenvalue weighted by molar-refractivity contribution is 0.100. The fourth-order valence-corrected chi connectivity index (χ4v) is 2.55. The first-order chi connectivity index (χ1) is 10.7. The van der Waals surface area contributed by atoms with Gasteiger partial charge >= 0.3 is 0 Å². The standard InChI is InChI=1S/C18H17N3O/c1-2-12-7-3-5-9-15(12)21-17-13-8-4-6-10-16(13)20-11-14(17)18(19)22/h3-11H,2H2,1H3,(H2,19,22)(H,20,21). The van der Waals surface area contributed by atoms with Gasteiger partial charge in [0, 0.05) is 17.3 Å². The number of anilines is 2. The Balaban J connectivity index is 2.20. The van der Waals surface area contributed by atoms with Gasteiger partial charge in [0.05, 0.1) is 16.8 Å². The van der Waals surface area contributed by atoms with E-state index < -0.39 is 5.91 Å². The highest BCUT2D eigenvalue weighted by atomic mass is 16.1. The summed E-state index contributed by atoms with van der Waals surface area (Å²) in [6.07, 6.45) is 2.43. The topological polar surface area (TPSA) is 68.0 Å². The molecular formula is C18H17N3O. The van der Waals surface area contributed by atoms with Crippen molar-refractivity contribution in [2.75, 3.05) is 5.32 Å². The number of hydrogen-bond acceptors (Lipinski definition) is 3. The number of rotatable bonds is 4. The molecule has 0 radical (unpaired) electrons. The van der Waals surface area contributed by atoms with Gasteiger partial charge in [-0.2, -0.15) is 0 Å². The minimum Gasteiger partial charge on any atom is -0.365 e. The molecule has 0 atom stereocenters. The van der Waals surface area contributed by atoms with E-state index in [4.69, 9.17) is 5.73 Å². The first-order valence-corrected chi connectivity index (χ1v) is 7.23. The molecule has 22 heavy (non-hydrogen) atoms. The van der Waals surface area contributed by atoms with Crippen molar-refractivity contribution in [3.63, 3.8) is 0 Å². The van der Waals surface area contributed by atoms with E-state index in [9.17, 15) is 4.79 Å². The fourth-order valence-electron chi connectivity index (χ4n) is 2.55. The molecule has 0 aliphatic heterocycles. The van der Waals surface area contributed by atoms with Crippen LogP contribution in [0.4, 0.5) is 11.4 Å². The predicted molar refractivity (Wildman–Crippen MR) is 89.4 cm³/mol. The Labute approximate surface area is 129 Å². The number of carbonyl (C=O) groups is 1. The molecule has 3 aromatic rings. The number of aromatic nitrogens is 1. The molecule has 3 rings (SSSR count). The van der Waals surface area contributed by atoms with Gasteiger partial charge in [-0.05, 0) is 24.1 Å². The van der Waals surface area contributed by atoms with Gasteiger partial charge in [0.25, 0.3) is 5.91 Å². The monoisotopic (exact) mass is 291 g/mol. The van der Waals surface area contributed by atoms with Crippen LogP contribution in [0.1, 0.15) is 22.8 Å². The average Bonchev–Trinajstić information content (AvgIpc) is 2.55. The second kappa shape index (κ2) is 5.85. The van der Waals surface area contributed by atoms with Gasteiger partial charge in [0.15, 0.2) is 0 Å². The maximum Gasteiger partial charge on any atom is 0.252 e. The van der Waals surface area contributed by atoms with Gasteiger partial charge in [-0.1, -0.05) is 43.3 Å². The van der Waals surface area contributed by atoms with Crippen molar-refractivity contribution in [2.24, 2.45) is 5.73 Å². The Bertz CT molecular complexity index is 843. The molecule has 0 fully saturated rings. The predicted octanol–water partition coefficient (Wildman–Crippen LogP) is 3.64. The maximum absolute atomic E-state index is 11.8. The number of nitrogens with two attached hydrogens (primary N) is 1. The number of benzene rings is 2. The van der Waals surface area contributed by atoms with Crippen molar-refractivity contribution in [2.45, 2.75) is 13.3 Å². The van der Waals surface area contributed by atoms with E-state index in [1.807, 2.05) is 42.5 Å². The summed E-state index contributed by atoms with van der Waals surface area (Å²) in [7, 11) is 0. The van der Waals surface area contributed by atoms with E-state index in [0.717, 1.165) is 23.0 Å². The van der Waals surface area contributed by atoms with Gasteiger partial charge in [0.2, 0.25) is 0 Å². The molecule has 4 heteroatoms. The zero-order valence-electron chi connectivity index (χ0n) is 12.3. The molecule has 110 valence electrons. The third-order valence-corrected chi connectivity index (χ3v) is 3.70. The van der Waals surface area contributed by atoms with E-state index in [0.29, 0.717) is 11.3 Å². The summed E-state index contributed by atoms with van der Waals surface area (Å²) in [6.45, 7) is 2.10. The molecule has 4 nitrogen and oxygen atoms in total. The summed E-state index contributed by atoms with van der Waals surface area (Å²) in [5, 5.41) is 4.25. The normalized spacial score (nSPS) is 10.6. The summed E-state index contributed by atoms with van der Waals surface area (Å²) >= 11 is 0. The highest BCUT2D eigenvalue weighted by Crippen LogP contribution is 2.30. The van der Waals surface area contributed by atoms with Crippen LogP contribution >= 0.6 is 0 Å². The van der Waals surface area contributed by atoms with Crippen LogP contribution in [0.15, 0.2) is 54.7 Å². The van der Waals surface area contributed by atoms with Crippen LogP contribution in [0.5, 0.6) is 0 Å². The van der Waals surface area contributed by atoms with Crippen molar-refractivity contribution >= 4 is 28.2 Å². The zero-order valence-corrected chi connectivity index (χ0v) is 12.3. The number of amides is 1. The summed E-state index contributed by atoms with van der Waals surface area (Å²) < 4.78 is 0. The average molecular weight is 291 g/mol. The summed E-state index contributed by atoms with van der Waals surface area (Å²) in [4.78, 5) is 16.1. The quantitative estimate of drug-likeness (QED) is 0.771. The number of carbonyl (C=O) groups excluding carboxylic acids is 1. The van der Waals surface area contributed by atoms with Gasteiger partial charge in [-0.3, -0.25) is 9.78 Å². The molecule has 0 unspecified atom stereocenters. The number of aryl methyl sites for hydroxylation is 1. The lowest BCUT2D eigenvalue weighted by atomic mass is 10.1. The van der Waals surface area contributed by atoms with Crippen molar-refractivity contribution < 1.29 is 4.79 Å². The Kier molecular flexibility index (Phi) is 3.74. The highest BCUT2D eigenvalue weighted by Gasteiger charge is 2.14. The summed E-state index contributed by atoms with van der Waals surface area (Å²) in [6, 6.07) is 15.7. The van der Waals surface area contributed by atoms with Gasteiger partial charge in [-0.25, -0.2) is 0 Å². The first-order valence-electron chi connectivity index (χ1n) is 7.23. The van der Waals surface area contributed by atoms with E-state index in [1.165, 1.54) is 11.8 Å². The summed E-state index contributed by atoms with van der Waals surface area (Å²) in [5.41, 5.74) is 9.59. The third kappa shape index (κ3) is 2.51. The van der Waals surface area contributed by atoms with Gasteiger partial charge in [-0.15, -0.1) is 0 Å². The number of hydrogen-bond donors (Lipinski definition) is 2. The Morgan fingerprint density at radius 3 is 2.64 bits per heavy atom. The minimum atomic E-state index is -0.491. The van der Waals surface area contributed by atoms with E-state index in [2.05, 4.69) is 23.3 Å². The molecular weight excluding hydrogens is 274 g/mol. The second-order valence-corrected chi connectivity index (χ2v) is 5.06. The zero-order chi connectivity index (χ0) is 15.5. The SMILES string of the molecule is CCc1ccccc1Nc1c(C(N)=O)cnc2ccccc12. The van der Waals surface area contributed by atoms with Crippen LogP contribution < -0.4 is 11.1 Å². The van der Waals surface area contributed by atoms with E-state index in [-0.39, 0.29) is 0 Å². The molecule has 2 aromatic carbocycles. The number of para-hydroxylation sites is 2. The van der Waals surface area contributed by atoms with Crippen LogP contribution in [0.2, 0.25) is 0 Å². The molecule has 0 saturated carbocycles. The highest BCUT2D eigenvalue weighted by molar-refractivity contribution is 6.07. The second-order valence-electron chi connectivity index (χ2n) is 5.06. The molecule has 0 spiro atoms. The van der Waals surface area contributed by atoms with Crippen molar-refractivity contribution in [3.05, 3.63) is 65.9 Å². The molecule has 1 aromatic heterocycles. The van der Waals surface area contributed by atoms with Crippen LogP contribution in [0, 0.1) is 0 Å². The van der Waals surface area contributed by atoms with Gasteiger partial charge in [0.1, 0.15) is 0 Å². The molecule has 3 N–H and O–H groups in total. The van der Waals surface area contributed by atoms with Crippen LogP contribution in [-0.4, -0.2) is 10.9 Å². The smallest absolute Gasteiger partial charge is 0.252 e. The molecule has 0 aliphatic rings. The lowest BCUT2D eigenvalue weighted by Gasteiger charge is -2.15. The van der Waals surface area contributed by atoms with E-state index in [1.54, 1.807) is 0 Å². The third-order valence-electron chi connectivity index (χ3n) is 3.70. The Morgan fingerprint density at radius 2 is 1.86 bits per heavy atom. The van der Waals surface area contributed by atoms with Crippen LogP contribution in [0.3, 0.4) is 0 Å². The molecule has 0 saturated heterocycles. The number of fused-ring (bicyclic) bond motifs is 1. The summed E-state index contributed by atoms with van der Waals surface area (Å²) in [5.74, 6) is -0.491. The molecule has 1 heterocycles. The van der Waals surface area contributed by atoms with Crippen LogP contribution in [-0.2, 0) is 6.42 Å². The van der Waals surface area contributed by atoms with Crippen molar-refractivity contribution in [1.29, 1.82) is 0 Å². The lowest BCUT2D eigenvalue weighted by Crippen LogP contribution is -2.14. The first kappa shape index (κ1) is 14.1. The van der Waals surface area contributed by atoms with E-state index >= 15 is 0 Å². The van der Waals surface area contributed by atoms with Crippen LogP contribution in [0.25, 0.3) is 10.9 Å². The molecule has 0 aliphatic carbocycles. The number of nitrogens with one attached hydrogen (secondary N) is 1. The van der Waals surface area contributed by atoms with Crippen molar-refractivity contribution in [3.8, 4) is 0 Å². The number of nitrogens with zero attached hydrogens (tertiary/aromatic N) is 1. The molecule has 1 amide bonds. The number of primary amides is 1. The fraction of sp³-hybridized carbons (Fsp3) is 0.111. The Morgan fingerprint density at radius 1 is 1.14 bits per heavy atom.